The number of carboxylic acids is 1. The van der Waals surface area contributed by atoms with E-state index in [1.54, 1.807) is 6.92 Å². The number of hydrogen-bond donors (Lipinski definition) is 1. The van der Waals surface area contributed by atoms with Crippen LogP contribution in [0, 0.1) is 0 Å². The van der Waals surface area contributed by atoms with Gasteiger partial charge in [-0.2, -0.15) is 0 Å². The minimum absolute atomic E-state index is 0. The van der Waals surface area contributed by atoms with Crippen LogP contribution >= 0.6 is 0 Å². The van der Waals surface area contributed by atoms with Gasteiger partial charge in [-0.25, -0.2) is 0 Å². The van der Waals surface area contributed by atoms with Crippen LogP contribution in [0.1, 0.15) is 14.8 Å². The normalized spacial score (nSPS) is 6.17. The Hall–Kier alpha value is 0.470. The van der Waals surface area contributed by atoms with E-state index < -0.39 is 5.97 Å². The molecule has 3 heteroatoms. The third-order valence-electron chi connectivity index (χ3n) is 0.302. The maximum atomic E-state index is 9.37. The summed E-state index contributed by atoms with van der Waals surface area (Å²) < 4.78 is 0. The molecule has 0 saturated heterocycles. The number of carbonyl (C=O) groups is 1. The first kappa shape index (κ1) is 9.69. The van der Waals surface area contributed by atoms with Crippen molar-refractivity contribution >= 4 is 35.5 Å². The molecule has 6 heavy (non-hydrogen) atoms. The van der Waals surface area contributed by atoms with Crippen LogP contribution in [-0.2, 0) is 4.79 Å². The van der Waals surface area contributed by atoms with Gasteiger partial charge in [0.2, 0.25) is 0 Å². The molecule has 0 aromatic carbocycles. The zero-order chi connectivity index (χ0) is 4.28. The first-order valence-corrected chi connectivity index (χ1v) is 1.49. The van der Waals surface area contributed by atoms with E-state index in [1.165, 1.54) is 0 Å². The fraction of sp³-hybridized carbons (Fsp3) is 0.667. The molecule has 0 rings (SSSR count). The fourth-order valence-corrected chi connectivity index (χ4v) is 0. The molecule has 0 fully saturated rings. The number of aliphatic carboxylic acids is 1. The Morgan fingerprint density at radius 2 is 2.17 bits per heavy atom. The maximum absolute atomic E-state index is 9.37. The second kappa shape index (κ2) is 5.47. The average Bonchev–Trinajstić information content (AvgIpc) is 1.38. The van der Waals surface area contributed by atoms with Crippen LogP contribution in [-0.4, -0.2) is 40.6 Å². The van der Waals surface area contributed by atoms with Crippen molar-refractivity contribution in [2.45, 2.75) is 13.3 Å². The summed E-state index contributed by atoms with van der Waals surface area (Å²) in [6.45, 7) is 1.60. The Morgan fingerprint density at radius 1 is 2.00 bits per heavy atom. The van der Waals surface area contributed by atoms with E-state index in [0.29, 0.717) is 0 Å². The third-order valence-corrected chi connectivity index (χ3v) is 0.302. The summed E-state index contributed by atoms with van der Waals surface area (Å²) in [6.07, 6.45) is 0.222. The van der Waals surface area contributed by atoms with Gasteiger partial charge in [0.15, 0.2) is 0 Å². The van der Waals surface area contributed by atoms with Gasteiger partial charge in [-0.05, 0) is 0 Å². The van der Waals surface area contributed by atoms with Gasteiger partial charge >= 0.3 is 37.0 Å². The molecule has 0 aliphatic heterocycles. The molecule has 0 atom stereocenters. The predicted molar refractivity (Wildman–Crippen MR) is 26.2 cm³/mol. The number of rotatable bonds is 1. The number of carboxylic acid groups (broad SMARTS) is 1. The first-order valence-electron chi connectivity index (χ1n) is 1.49. The average molecular weight is 99.1 g/mol. The van der Waals surface area contributed by atoms with Gasteiger partial charge in [-0.3, -0.25) is 4.79 Å². The molecule has 0 amide bonds. The number of hydrogen-bond acceptors (Lipinski definition) is 1. The van der Waals surface area contributed by atoms with E-state index in [4.69, 9.17) is 5.11 Å². The van der Waals surface area contributed by atoms with Gasteiger partial charge in [0.05, 0.1) is 0 Å². The summed E-state index contributed by atoms with van der Waals surface area (Å²) in [7, 11) is 0. The van der Waals surface area contributed by atoms with Crippen molar-refractivity contribution < 1.29 is 11.3 Å². The van der Waals surface area contributed by atoms with Gasteiger partial charge in [-0.15, -0.1) is 0 Å². The Labute approximate surface area is 60.3 Å². The van der Waals surface area contributed by atoms with Crippen LogP contribution in [0.3, 0.4) is 0 Å². The van der Waals surface area contributed by atoms with Crippen LogP contribution in [0.25, 0.3) is 0 Å². The molecule has 0 aliphatic rings. The van der Waals surface area contributed by atoms with E-state index in [0.717, 1.165) is 0 Å². The van der Waals surface area contributed by atoms with E-state index in [2.05, 4.69) is 0 Å². The molecule has 0 radical (unpaired) electrons. The fourth-order valence-electron chi connectivity index (χ4n) is 0. The standard InChI is InChI=1S/C3H6O2.Na.H/c1-2-3(4)5;;/h2H2,1H3,(H,4,5);;/p+1. The molecule has 0 saturated carbocycles. The topological polar surface area (TPSA) is 37.3 Å². The molecule has 0 aliphatic carbocycles. The summed E-state index contributed by atoms with van der Waals surface area (Å²) in [5.74, 6) is -0.745. The van der Waals surface area contributed by atoms with E-state index in [1.807, 2.05) is 0 Å². The Bertz CT molecular complexity index is 48.2. The van der Waals surface area contributed by atoms with Crippen LogP contribution in [0.15, 0.2) is 0 Å². The van der Waals surface area contributed by atoms with Crippen molar-refractivity contribution in [1.29, 1.82) is 0 Å². The Balaban J connectivity index is -0.0000000800. The molecule has 0 aromatic heterocycles. The van der Waals surface area contributed by atoms with Crippen molar-refractivity contribution in [1.82, 2.24) is 0 Å². The van der Waals surface area contributed by atoms with E-state index in [9.17, 15) is 4.79 Å². The first-order chi connectivity index (χ1) is 2.27. The van der Waals surface area contributed by atoms with Crippen LogP contribution < -0.4 is 0 Å². The molecular formula is C3H8NaO2+. The van der Waals surface area contributed by atoms with Crippen molar-refractivity contribution in [2.75, 3.05) is 0 Å². The Kier molecular flexibility index (Phi) is 8.83. The SMILES string of the molecule is CCC(=O)O.[H+].[NaH]. The van der Waals surface area contributed by atoms with Gasteiger partial charge in [0.25, 0.3) is 0 Å². The molecule has 32 valence electrons. The molecular weight excluding hydrogens is 91.0 g/mol. The zero-order valence-electron chi connectivity index (χ0n) is 4.06. The van der Waals surface area contributed by atoms with Crippen LogP contribution in [0.5, 0.6) is 0 Å². The molecule has 0 bridgehead atoms. The molecule has 0 aromatic rings. The van der Waals surface area contributed by atoms with Gasteiger partial charge in [0.1, 0.15) is 0 Å². The second-order valence-corrected chi connectivity index (χ2v) is 0.747. The zero-order valence-corrected chi connectivity index (χ0v) is 3.06. The van der Waals surface area contributed by atoms with Gasteiger partial charge in [-0.1, -0.05) is 6.92 Å². The Morgan fingerprint density at radius 3 is 2.17 bits per heavy atom. The summed E-state index contributed by atoms with van der Waals surface area (Å²) in [4.78, 5) is 9.37. The van der Waals surface area contributed by atoms with Crippen molar-refractivity contribution in [3.63, 3.8) is 0 Å². The van der Waals surface area contributed by atoms with Crippen LogP contribution in [0.4, 0.5) is 0 Å². The van der Waals surface area contributed by atoms with Crippen molar-refractivity contribution in [3.8, 4) is 0 Å². The quantitative estimate of drug-likeness (QED) is 0.468. The monoisotopic (exact) mass is 99.0 g/mol. The summed E-state index contributed by atoms with van der Waals surface area (Å²) in [5, 5.41) is 7.72. The second-order valence-electron chi connectivity index (χ2n) is 0.747. The van der Waals surface area contributed by atoms with E-state index in [-0.39, 0.29) is 37.4 Å². The third kappa shape index (κ3) is 8.82. The summed E-state index contributed by atoms with van der Waals surface area (Å²) in [6, 6.07) is 0. The molecule has 0 unspecified atom stereocenters. The molecule has 2 nitrogen and oxygen atoms in total. The summed E-state index contributed by atoms with van der Waals surface area (Å²) >= 11 is 0. The van der Waals surface area contributed by atoms with Gasteiger partial charge < -0.3 is 5.11 Å². The minimum atomic E-state index is -0.745. The molecule has 0 spiro atoms. The van der Waals surface area contributed by atoms with Crippen molar-refractivity contribution in [3.05, 3.63) is 0 Å². The summed E-state index contributed by atoms with van der Waals surface area (Å²) in [5.41, 5.74) is 0. The molecule has 1 N–H and O–H groups in total. The van der Waals surface area contributed by atoms with Gasteiger partial charge in [0, 0.05) is 6.42 Å². The predicted octanol–water partition coefficient (Wildman–Crippen LogP) is -0.0550. The van der Waals surface area contributed by atoms with E-state index >= 15 is 0 Å². The van der Waals surface area contributed by atoms with Crippen LogP contribution in [0.2, 0.25) is 0 Å². The van der Waals surface area contributed by atoms with Crippen molar-refractivity contribution in [2.24, 2.45) is 0 Å². The molecule has 0 heterocycles.